The van der Waals surface area contributed by atoms with Crippen molar-refractivity contribution in [2.24, 2.45) is 0 Å². The first-order chi connectivity index (χ1) is 30.9. The fraction of sp³-hybridized carbons (Fsp3) is 0.920. The molecule has 6 atom stereocenters. The quantitative estimate of drug-likeness (QED) is 0.0146. The van der Waals surface area contributed by atoms with Gasteiger partial charge in [0.2, 0.25) is 0 Å². The lowest BCUT2D eigenvalue weighted by Gasteiger charge is -2.41. The average molecular weight is 935 g/mol. The van der Waals surface area contributed by atoms with Crippen LogP contribution in [0.2, 0.25) is 0 Å². The summed E-state index contributed by atoms with van der Waals surface area (Å²) in [5, 5.41) is 50.2. The third kappa shape index (κ3) is 32.3. The maximum absolute atomic E-state index is 12.8. The van der Waals surface area contributed by atoms with Crippen molar-refractivity contribution in [3.05, 3.63) is 12.2 Å². The van der Waals surface area contributed by atoms with E-state index in [1.807, 2.05) is 0 Å². The fourth-order valence-electron chi connectivity index (χ4n) is 8.17. The molecule has 0 heterocycles. The predicted octanol–water partition coefficient (Wildman–Crippen LogP) is 11.0. The van der Waals surface area contributed by atoms with Gasteiger partial charge in [0.05, 0.1) is 6.61 Å². The molecule has 0 bridgehead atoms. The molecule has 1 aliphatic carbocycles. The van der Waals surface area contributed by atoms with Crippen molar-refractivity contribution in [3.63, 3.8) is 0 Å². The molecule has 0 aromatic heterocycles. The first kappa shape index (κ1) is 60.6. The van der Waals surface area contributed by atoms with Crippen molar-refractivity contribution < 1.29 is 63.1 Å². The lowest BCUT2D eigenvalue weighted by Crippen LogP contribution is -2.64. The number of aliphatic hydroxyl groups excluding tert-OH is 5. The molecule has 0 aromatic rings. The molecule has 378 valence electrons. The molecule has 0 aromatic carbocycles. The zero-order chi connectivity index (χ0) is 47.1. The molecule has 1 rings (SSSR count). The van der Waals surface area contributed by atoms with Crippen molar-refractivity contribution in [2.45, 2.75) is 281 Å². The molecule has 6 unspecified atom stereocenters. The van der Waals surface area contributed by atoms with E-state index in [1.165, 1.54) is 141 Å². The molecule has 64 heavy (non-hydrogen) atoms. The molecule has 0 aliphatic heterocycles. The van der Waals surface area contributed by atoms with Gasteiger partial charge in [0, 0.05) is 12.8 Å². The monoisotopic (exact) mass is 935 g/mol. The molecule has 13 nitrogen and oxygen atoms in total. The van der Waals surface area contributed by atoms with Crippen molar-refractivity contribution in [1.82, 2.24) is 0 Å². The zero-order valence-electron chi connectivity index (χ0n) is 40.3. The number of carbonyl (C=O) groups excluding carboxylic acids is 2. The molecule has 0 radical (unpaired) electrons. The van der Waals surface area contributed by atoms with Gasteiger partial charge in [-0.2, -0.15) is 0 Å². The molecule has 1 fully saturated rings. The van der Waals surface area contributed by atoms with E-state index in [9.17, 15) is 44.6 Å². The Morgan fingerprint density at radius 3 is 1.19 bits per heavy atom. The van der Waals surface area contributed by atoms with Crippen LogP contribution in [-0.2, 0) is 32.7 Å². The first-order valence-electron chi connectivity index (χ1n) is 26.0. The highest BCUT2D eigenvalue weighted by atomic mass is 31.2. The van der Waals surface area contributed by atoms with Gasteiger partial charge in [0.15, 0.2) is 6.10 Å². The zero-order valence-corrected chi connectivity index (χ0v) is 41.2. The molecular weight excluding hydrogens is 840 g/mol. The Balaban J connectivity index is 2.38. The second-order valence-corrected chi connectivity index (χ2v) is 19.8. The SMILES string of the molecule is CCCCCCCCC/C=C\CCCCCCCC(=O)OC(COC(=O)CCCCCCCCCCCCCCCCCCCCC)COP(=O)(O)OC1C(O)C(O)C(O)C(O)C1O. The average Bonchev–Trinajstić information content (AvgIpc) is 3.28. The number of allylic oxidation sites excluding steroid dienone is 2. The van der Waals surface area contributed by atoms with Gasteiger partial charge in [-0.1, -0.05) is 199 Å². The van der Waals surface area contributed by atoms with Crippen LogP contribution in [0.15, 0.2) is 12.2 Å². The summed E-state index contributed by atoms with van der Waals surface area (Å²) in [7, 11) is -5.12. The Bertz CT molecular complexity index is 1170. The fourth-order valence-corrected chi connectivity index (χ4v) is 9.14. The highest BCUT2D eigenvalue weighted by Crippen LogP contribution is 2.47. The van der Waals surface area contributed by atoms with Crippen LogP contribution in [0.5, 0.6) is 0 Å². The lowest BCUT2D eigenvalue weighted by atomic mass is 9.85. The highest BCUT2D eigenvalue weighted by molar-refractivity contribution is 7.47. The number of ether oxygens (including phenoxy) is 2. The number of aliphatic hydroxyl groups is 5. The highest BCUT2D eigenvalue weighted by Gasteiger charge is 2.51. The number of carbonyl (C=O) groups is 2. The number of unbranched alkanes of at least 4 members (excludes halogenated alkanes) is 30. The van der Waals surface area contributed by atoms with Crippen LogP contribution >= 0.6 is 7.82 Å². The van der Waals surface area contributed by atoms with E-state index in [1.54, 1.807) is 0 Å². The van der Waals surface area contributed by atoms with E-state index >= 15 is 0 Å². The van der Waals surface area contributed by atoms with Crippen molar-refractivity contribution in [2.75, 3.05) is 13.2 Å². The van der Waals surface area contributed by atoms with Crippen LogP contribution < -0.4 is 0 Å². The van der Waals surface area contributed by atoms with Crippen LogP contribution in [0.4, 0.5) is 0 Å². The van der Waals surface area contributed by atoms with E-state index in [0.29, 0.717) is 12.8 Å². The lowest BCUT2D eigenvalue weighted by molar-refractivity contribution is -0.220. The van der Waals surface area contributed by atoms with E-state index in [4.69, 9.17) is 18.5 Å². The van der Waals surface area contributed by atoms with Crippen LogP contribution in [0.25, 0.3) is 0 Å². The summed E-state index contributed by atoms with van der Waals surface area (Å²) in [4.78, 5) is 35.8. The van der Waals surface area contributed by atoms with Gasteiger partial charge in [-0.25, -0.2) is 4.57 Å². The Morgan fingerprint density at radius 2 is 0.797 bits per heavy atom. The second kappa shape index (κ2) is 40.6. The van der Waals surface area contributed by atoms with Gasteiger partial charge >= 0.3 is 19.8 Å². The van der Waals surface area contributed by atoms with Gasteiger partial charge in [-0.05, 0) is 38.5 Å². The van der Waals surface area contributed by atoms with Gasteiger partial charge in [0.1, 0.15) is 43.2 Å². The van der Waals surface area contributed by atoms with E-state index in [0.717, 1.165) is 57.8 Å². The molecule has 1 saturated carbocycles. The van der Waals surface area contributed by atoms with Crippen molar-refractivity contribution in [3.8, 4) is 0 Å². The normalized spacial score (nSPS) is 21.6. The van der Waals surface area contributed by atoms with Gasteiger partial charge in [0.25, 0.3) is 0 Å². The summed E-state index contributed by atoms with van der Waals surface area (Å²) < 4.78 is 33.6. The van der Waals surface area contributed by atoms with Gasteiger partial charge in [-0.15, -0.1) is 0 Å². The first-order valence-corrected chi connectivity index (χ1v) is 27.5. The Hall–Kier alpha value is -1.41. The smallest absolute Gasteiger partial charge is 0.462 e. The number of phosphoric acid groups is 1. The van der Waals surface area contributed by atoms with E-state index in [2.05, 4.69) is 26.0 Å². The summed E-state index contributed by atoms with van der Waals surface area (Å²) in [5.74, 6) is -1.09. The Labute approximate surface area is 388 Å². The standard InChI is InChI=1S/C50H95O13P/c1-3-5-7-9-11-13-15-17-19-21-22-23-25-26-28-30-32-34-36-38-43(51)60-40-42(41-61-64(58,59)63-50-48(56)46(54)45(53)47(55)49(50)57)62-44(52)39-37-35-33-31-29-27-24-20-18-16-14-12-10-8-6-4-2/h20,24,42,45-50,53-57H,3-19,21-23,25-41H2,1-2H3,(H,58,59)/b24-20-. The number of phosphoric ester groups is 1. The third-order valence-corrected chi connectivity index (χ3v) is 13.3. The van der Waals surface area contributed by atoms with Crippen molar-refractivity contribution >= 4 is 19.8 Å². The van der Waals surface area contributed by atoms with E-state index in [-0.39, 0.29) is 12.8 Å². The summed E-state index contributed by atoms with van der Waals surface area (Å²) in [6.07, 6.45) is 31.2. The Morgan fingerprint density at radius 1 is 0.469 bits per heavy atom. The number of rotatable bonds is 44. The number of hydrogen-bond acceptors (Lipinski definition) is 12. The molecule has 0 amide bonds. The molecule has 6 N–H and O–H groups in total. The molecule has 0 spiro atoms. The maximum Gasteiger partial charge on any atom is 0.472 e. The van der Waals surface area contributed by atoms with Crippen LogP contribution in [0.3, 0.4) is 0 Å². The summed E-state index contributed by atoms with van der Waals surface area (Å²) in [6, 6.07) is 0. The van der Waals surface area contributed by atoms with E-state index < -0.39 is 75.7 Å². The minimum Gasteiger partial charge on any atom is -0.462 e. The number of hydrogen-bond donors (Lipinski definition) is 6. The maximum atomic E-state index is 12.8. The minimum absolute atomic E-state index is 0.0913. The molecule has 1 aliphatic rings. The van der Waals surface area contributed by atoms with Gasteiger partial charge in [-0.3, -0.25) is 18.6 Å². The number of esters is 2. The summed E-state index contributed by atoms with van der Waals surface area (Å²) >= 11 is 0. The largest absolute Gasteiger partial charge is 0.472 e. The van der Waals surface area contributed by atoms with Crippen LogP contribution in [0, 0.1) is 0 Å². The molecule has 14 heteroatoms. The Kier molecular flexibility index (Phi) is 38.5. The van der Waals surface area contributed by atoms with Crippen molar-refractivity contribution in [1.29, 1.82) is 0 Å². The molecule has 0 saturated heterocycles. The topological polar surface area (TPSA) is 210 Å². The molecular formula is C50H95O13P. The van der Waals surface area contributed by atoms with Crippen LogP contribution in [0.1, 0.15) is 239 Å². The predicted molar refractivity (Wildman–Crippen MR) is 254 cm³/mol. The van der Waals surface area contributed by atoms with Crippen LogP contribution in [-0.4, -0.2) is 98.3 Å². The third-order valence-electron chi connectivity index (χ3n) is 12.4. The minimum atomic E-state index is -5.12. The second-order valence-electron chi connectivity index (χ2n) is 18.4. The summed E-state index contributed by atoms with van der Waals surface area (Å²) in [6.45, 7) is 3.33. The van der Waals surface area contributed by atoms with Gasteiger partial charge < -0.3 is 39.9 Å². The summed E-state index contributed by atoms with van der Waals surface area (Å²) in [5.41, 5.74) is 0.